The summed E-state index contributed by atoms with van der Waals surface area (Å²) in [4.78, 5) is 11.5. The molecule has 1 rings (SSSR count). The minimum absolute atomic E-state index is 0.276. The van der Waals surface area contributed by atoms with Gasteiger partial charge in [-0.2, -0.15) is 0 Å². The molecule has 0 aliphatic rings. The topological polar surface area (TPSA) is 17.1 Å². The maximum absolute atomic E-state index is 11.5. The Kier molecular flexibility index (Phi) is 5.39. The molecule has 0 aromatic heterocycles. The minimum atomic E-state index is -1.54. The predicted molar refractivity (Wildman–Crippen MR) is 83.6 cm³/mol. The van der Waals surface area contributed by atoms with Gasteiger partial charge >= 0.3 is 119 Å². The molecule has 0 heterocycles. The third kappa shape index (κ3) is 3.81. The van der Waals surface area contributed by atoms with Crippen LogP contribution in [0.5, 0.6) is 0 Å². The Hall–Kier alpha value is -0.374. The van der Waals surface area contributed by atoms with E-state index in [9.17, 15) is 4.79 Å². The van der Waals surface area contributed by atoms with Crippen LogP contribution in [0.25, 0.3) is 0 Å². The van der Waals surface area contributed by atoms with Crippen LogP contribution in [0, 0.1) is 0 Å². The molecule has 3 heteroatoms. The Labute approximate surface area is 119 Å². The Balaban J connectivity index is 2.72. The fourth-order valence-electron chi connectivity index (χ4n) is 1.68. The monoisotopic (exact) mass is 328 g/mol. The van der Waals surface area contributed by atoms with E-state index >= 15 is 0 Å². The van der Waals surface area contributed by atoms with Gasteiger partial charge in [0.1, 0.15) is 0 Å². The van der Waals surface area contributed by atoms with Crippen LogP contribution in [0.15, 0.2) is 30.3 Å². The van der Waals surface area contributed by atoms with Crippen LogP contribution in [0.3, 0.4) is 0 Å². The van der Waals surface area contributed by atoms with Crippen molar-refractivity contribution in [3.8, 4) is 0 Å². The molecule has 0 N–H and O–H groups in total. The average molecular weight is 327 g/mol. The van der Waals surface area contributed by atoms with E-state index in [0.29, 0.717) is 15.0 Å². The summed E-state index contributed by atoms with van der Waals surface area (Å²) in [6.07, 6.45) is 1.22. The zero-order valence-electron chi connectivity index (χ0n) is 12.1. The van der Waals surface area contributed by atoms with Gasteiger partial charge in [0.05, 0.1) is 0 Å². The molecule has 1 nitrogen and oxygen atoms in total. The number of benzene rings is 1. The second-order valence-corrected chi connectivity index (χ2v) is 14.3. The summed E-state index contributed by atoms with van der Waals surface area (Å²) in [5.74, 6) is 0. The van der Waals surface area contributed by atoms with Crippen LogP contribution in [-0.2, 0) is 4.79 Å². The maximum atomic E-state index is 11.5. The van der Waals surface area contributed by atoms with E-state index in [1.807, 2.05) is 6.07 Å². The van der Waals surface area contributed by atoms with Crippen LogP contribution in [0.4, 0.5) is 0 Å². The molecule has 0 aliphatic carbocycles. The first-order valence-electron chi connectivity index (χ1n) is 6.42. The summed E-state index contributed by atoms with van der Waals surface area (Å²) < 4.78 is 1.40. The number of rotatable bonds is 5. The van der Waals surface area contributed by atoms with Gasteiger partial charge in [-0.1, -0.05) is 0 Å². The Bertz CT molecular complexity index is 381. The molecule has 0 saturated heterocycles. The fourth-order valence-corrected chi connectivity index (χ4v) is 8.28. The van der Waals surface area contributed by atoms with E-state index in [4.69, 9.17) is 0 Å². The Morgan fingerprint density at radius 1 is 1.22 bits per heavy atom. The quantitative estimate of drug-likeness (QED) is 0.597. The second-order valence-electron chi connectivity index (χ2n) is 6.34. The summed E-state index contributed by atoms with van der Waals surface area (Å²) in [5.41, 5.74) is 0.276. The van der Waals surface area contributed by atoms with E-state index in [0.717, 1.165) is 5.32 Å². The van der Waals surface area contributed by atoms with E-state index in [2.05, 4.69) is 58.1 Å². The second kappa shape index (κ2) is 6.18. The third-order valence-electron chi connectivity index (χ3n) is 4.20. The third-order valence-corrected chi connectivity index (χ3v) is 13.3. The van der Waals surface area contributed by atoms with Crippen LogP contribution in [-0.4, -0.2) is 29.3 Å². The van der Waals surface area contributed by atoms with Crippen molar-refractivity contribution in [2.75, 3.05) is 0 Å². The van der Waals surface area contributed by atoms with Gasteiger partial charge in [-0.15, -0.1) is 0 Å². The molecule has 0 amide bonds. The number of hydrogen-bond donors (Lipinski definition) is 0. The summed E-state index contributed by atoms with van der Waals surface area (Å²) in [6, 6.07) is 10.6. The van der Waals surface area contributed by atoms with Gasteiger partial charge < -0.3 is 0 Å². The molecule has 0 spiro atoms. The van der Waals surface area contributed by atoms with Gasteiger partial charge in [0, 0.05) is 0 Å². The first-order chi connectivity index (χ1) is 8.29. The average Bonchev–Trinajstić information content (AvgIpc) is 2.29. The fraction of sp³-hybridized carbons (Fsp3) is 0.533. The van der Waals surface area contributed by atoms with E-state index in [1.165, 1.54) is 10.7 Å². The van der Waals surface area contributed by atoms with Crippen molar-refractivity contribution >= 4 is 33.8 Å². The molecule has 0 fully saturated rings. The molecule has 0 bridgehead atoms. The summed E-state index contributed by atoms with van der Waals surface area (Å²) in [5, 5.41) is 1.34. The molecule has 0 radical (unpaired) electrons. The molecule has 1 aromatic carbocycles. The van der Waals surface area contributed by atoms with Crippen molar-refractivity contribution in [1.82, 2.24) is 0 Å². The predicted octanol–water partition coefficient (Wildman–Crippen LogP) is 3.51. The standard InChI is InChI=1S/C15H24OSeSi/c1-15(2,3)18(4,5)14(11-16)12-17-13-9-7-6-8-10-13/h6-11,14H,12H2,1-5H3. The van der Waals surface area contributed by atoms with E-state index in [1.54, 1.807) is 0 Å². The Morgan fingerprint density at radius 3 is 2.22 bits per heavy atom. The van der Waals surface area contributed by atoms with Crippen molar-refractivity contribution in [2.24, 2.45) is 0 Å². The van der Waals surface area contributed by atoms with Crippen LogP contribution in [0.2, 0.25) is 29.0 Å². The van der Waals surface area contributed by atoms with Crippen LogP contribution >= 0.6 is 0 Å². The van der Waals surface area contributed by atoms with E-state index < -0.39 is 8.07 Å². The molecule has 1 atom stereocenters. The molecule has 0 saturated carbocycles. The molecule has 1 unspecified atom stereocenters. The van der Waals surface area contributed by atoms with E-state index in [-0.39, 0.29) is 10.6 Å². The SMILES string of the molecule is CC(C)(C)[Si](C)(C)C(C=O)C[Se]c1ccccc1. The number of aldehydes is 1. The summed E-state index contributed by atoms with van der Waals surface area (Å²) in [6.45, 7) is 11.6. The van der Waals surface area contributed by atoms with Crippen molar-refractivity contribution in [2.45, 2.75) is 49.8 Å². The Morgan fingerprint density at radius 2 is 1.78 bits per heavy atom. The van der Waals surface area contributed by atoms with Crippen LogP contribution < -0.4 is 4.46 Å². The summed E-state index contributed by atoms with van der Waals surface area (Å²) >= 11 is 0.419. The molecular formula is C15H24OSeSi. The first kappa shape index (κ1) is 15.7. The zero-order valence-corrected chi connectivity index (χ0v) is 14.8. The van der Waals surface area contributed by atoms with Gasteiger partial charge in [0.25, 0.3) is 0 Å². The van der Waals surface area contributed by atoms with Crippen molar-refractivity contribution in [3.63, 3.8) is 0 Å². The van der Waals surface area contributed by atoms with Crippen molar-refractivity contribution in [1.29, 1.82) is 0 Å². The number of carbonyl (C=O) groups excluding carboxylic acids is 1. The number of carbonyl (C=O) groups is 1. The van der Waals surface area contributed by atoms with Crippen molar-refractivity contribution < 1.29 is 4.79 Å². The van der Waals surface area contributed by atoms with Gasteiger partial charge in [0.15, 0.2) is 0 Å². The van der Waals surface area contributed by atoms with Gasteiger partial charge in [-0.25, -0.2) is 0 Å². The number of hydrogen-bond acceptors (Lipinski definition) is 1. The molecule has 100 valence electrons. The molecule has 1 aromatic rings. The summed E-state index contributed by atoms with van der Waals surface area (Å²) in [7, 11) is -1.54. The molecule has 18 heavy (non-hydrogen) atoms. The first-order valence-corrected chi connectivity index (χ1v) is 11.6. The normalized spacial score (nSPS) is 14.3. The van der Waals surface area contributed by atoms with Crippen molar-refractivity contribution in [3.05, 3.63) is 30.3 Å². The van der Waals surface area contributed by atoms with Crippen LogP contribution in [0.1, 0.15) is 20.8 Å². The molecule has 0 aliphatic heterocycles. The zero-order chi connectivity index (χ0) is 13.8. The van der Waals surface area contributed by atoms with Gasteiger partial charge in [0.2, 0.25) is 0 Å². The van der Waals surface area contributed by atoms with Gasteiger partial charge in [-0.05, 0) is 0 Å². The molecular weight excluding hydrogens is 303 g/mol. The van der Waals surface area contributed by atoms with Gasteiger partial charge in [-0.3, -0.25) is 0 Å².